The van der Waals surface area contributed by atoms with Crippen molar-refractivity contribution in [2.45, 2.75) is 6.54 Å². The number of halogens is 1. The van der Waals surface area contributed by atoms with Gasteiger partial charge in [0.15, 0.2) is 5.78 Å². The molecule has 1 aliphatic heterocycles. The number of hydrogen-bond acceptors (Lipinski definition) is 3. The number of carbonyl (C=O) groups is 2. The third kappa shape index (κ3) is 2.61. The van der Waals surface area contributed by atoms with Crippen LogP contribution >= 0.6 is 27.3 Å². The molecule has 3 rings (SSSR count). The maximum Gasteiger partial charge on any atom is 0.324 e. The molecule has 6 heteroatoms. The zero-order valence-electron chi connectivity index (χ0n) is 11.4. The lowest BCUT2D eigenvalue weighted by Crippen LogP contribution is -2.47. The fourth-order valence-electron chi connectivity index (χ4n) is 2.40. The Balaban J connectivity index is 1.92. The normalized spacial score (nSPS) is 14.3. The van der Waals surface area contributed by atoms with Gasteiger partial charge in [0.25, 0.3) is 0 Å². The zero-order valence-corrected chi connectivity index (χ0v) is 13.8. The van der Waals surface area contributed by atoms with Crippen molar-refractivity contribution in [2.24, 2.45) is 0 Å². The zero-order chi connectivity index (χ0) is 15.0. The summed E-state index contributed by atoms with van der Waals surface area (Å²) in [6.45, 7) is 0.627. The molecule has 2 aromatic rings. The monoisotopic (exact) mass is 364 g/mol. The second-order valence-electron chi connectivity index (χ2n) is 4.87. The van der Waals surface area contributed by atoms with Gasteiger partial charge in [0.05, 0.1) is 17.1 Å². The summed E-state index contributed by atoms with van der Waals surface area (Å²) in [5.74, 6) is -0.0599. The maximum atomic E-state index is 12.4. The average molecular weight is 365 g/mol. The number of Topliss-reactive ketones (excluding diaryl/α,β-unsaturated/α-hetero) is 1. The smallest absolute Gasteiger partial charge is 0.323 e. The Morgan fingerprint density at radius 3 is 2.81 bits per heavy atom. The third-order valence-corrected chi connectivity index (χ3v) is 5.30. The summed E-state index contributed by atoms with van der Waals surface area (Å²) < 4.78 is 0.781. The molecule has 21 heavy (non-hydrogen) atoms. The van der Waals surface area contributed by atoms with E-state index in [1.807, 2.05) is 35.7 Å². The van der Waals surface area contributed by atoms with Gasteiger partial charge in [0, 0.05) is 18.1 Å². The van der Waals surface area contributed by atoms with Gasteiger partial charge in [0.2, 0.25) is 0 Å². The number of urea groups is 1. The van der Waals surface area contributed by atoms with Crippen LogP contribution in [0.1, 0.15) is 15.2 Å². The van der Waals surface area contributed by atoms with E-state index in [1.54, 1.807) is 16.8 Å². The highest BCUT2D eigenvalue weighted by molar-refractivity contribution is 9.10. The summed E-state index contributed by atoms with van der Waals surface area (Å²) in [5.41, 5.74) is 1.87. The molecule has 0 atom stereocenters. The van der Waals surface area contributed by atoms with E-state index in [4.69, 9.17) is 0 Å². The highest BCUT2D eigenvalue weighted by Crippen LogP contribution is 2.29. The number of nitrogens with zero attached hydrogens (tertiary/aromatic N) is 2. The predicted molar refractivity (Wildman–Crippen MR) is 87.0 cm³/mol. The number of hydrogen-bond donors (Lipinski definition) is 0. The Morgan fingerprint density at radius 1 is 1.33 bits per heavy atom. The lowest BCUT2D eigenvalue weighted by molar-refractivity contribution is 0.1000. The Morgan fingerprint density at radius 2 is 2.10 bits per heavy atom. The van der Waals surface area contributed by atoms with Gasteiger partial charge in [-0.15, -0.1) is 11.3 Å². The minimum atomic E-state index is -0.144. The van der Waals surface area contributed by atoms with Crippen molar-refractivity contribution in [3.63, 3.8) is 0 Å². The van der Waals surface area contributed by atoms with Crippen molar-refractivity contribution in [3.05, 3.63) is 50.6 Å². The molecule has 0 aliphatic carbocycles. The van der Waals surface area contributed by atoms with Crippen LogP contribution in [0.15, 0.2) is 40.2 Å². The van der Waals surface area contributed by atoms with E-state index in [0.717, 1.165) is 15.7 Å². The van der Waals surface area contributed by atoms with Crippen LogP contribution in [0.3, 0.4) is 0 Å². The second kappa shape index (κ2) is 5.61. The lowest BCUT2D eigenvalue weighted by atomic mass is 10.1. The van der Waals surface area contributed by atoms with E-state index in [-0.39, 0.29) is 18.4 Å². The topological polar surface area (TPSA) is 40.6 Å². The van der Waals surface area contributed by atoms with Crippen molar-refractivity contribution in [2.75, 3.05) is 18.5 Å². The molecular formula is C15H13BrN2O2S. The van der Waals surface area contributed by atoms with Crippen molar-refractivity contribution >= 4 is 44.8 Å². The number of thiophene rings is 1. The summed E-state index contributed by atoms with van der Waals surface area (Å²) >= 11 is 4.75. The summed E-state index contributed by atoms with van der Waals surface area (Å²) in [6.07, 6.45) is 0. The summed E-state index contributed by atoms with van der Waals surface area (Å²) in [5, 5.41) is 1.86. The fraction of sp³-hybridized carbons (Fsp3) is 0.200. The Labute approximate surface area is 135 Å². The first-order valence-corrected chi connectivity index (χ1v) is 8.12. The van der Waals surface area contributed by atoms with Crippen LogP contribution in [0.25, 0.3) is 0 Å². The van der Waals surface area contributed by atoms with Crippen LogP contribution in [-0.4, -0.2) is 30.3 Å². The van der Waals surface area contributed by atoms with E-state index in [2.05, 4.69) is 15.9 Å². The standard InChI is InChI=1S/C15H13BrN2O2S/c1-17-8-10-4-2-3-5-12(10)18(15(17)20)9-13(19)14-11(16)6-7-21-14/h2-7H,8-9H2,1H3. The lowest BCUT2D eigenvalue weighted by Gasteiger charge is -2.34. The van der Waals surface area contributed by atoms with Crippen molar-refractivity contribution in [1.82, 2.24) is 4.90 Å². The highest BCUT2D eigenvalue weighted by Gasteiger charge is 2.30. The van der Waals surface area contributed by atoms with Gasteiger partial charge in [-0.05, 0) is 39.0 Å². The first-order chi connectivity index (χ1) is 10.1. The van der Waals surface area contributed by atoms with Crippen molar-refractivity contribution in [1.29, 1.82) is 0 Å². The molecule has 0 N–H and O–H groups in total. The number of fused-ring (bicyclic) bond motifs is 1. The average Bonchev–Trinajstić information content (AvgIpc) is 2.90. The Bertz CT molecular complexity index is 713. The predicted octanol–water partition coefficient (Wildman–Crippen LogP) is 3.77. The van der Waals surface area contributed by atoms with Crippen LogP contribution in [0.4, 0.5) is 10.5 Å². The number of para-hydroxylation sites is 1. The summed E-state index contributed by atoms with van der Waals surface area (Å²) in [7, 11) is 1.75. The van der Waals surface area contributed by atoms with E-state index < -0.39 is 0 Å². The molecule has 1 aromatic heterocycles. The minimum Gasteiger partial charge on any atom is -0.323 e. The number of benzene rings is 1. The van der Waals surface area contributed by atoms with Crippen LogP contribution in [0.2, 0.25) is 0 Å². The Kier molecular flexibility index (Phi) is 3.82. The maximum absolute atomic E-state index is 12.4. The van der Waals surface area contributed by atoms with Crippen LogP contribution in [0.5, 0.6) is 0 Å². The summed E-state index contributed by atoms with van der Waals surface area (Å²) in [6, 6.07) is 9.40. The van der Waals surface area contributed by atoms with Crippen molar-refractivity contribution in [3.8, 4) is 0 Å². The van der Waals surface area contributed by atoms with Gasteiger partial charge in [0.1, 0.15) is 0 Å². The van der Waals surface area contributed by atoms with Gasteiger partial charge in [-0.25, -0.2) is 4.79 Å². The molecule has 1 aromatic carbocycles. The van der Waals surface area contributed by atoms with Crippen LogP contribution in [0, 0.1) is 0 Å². The first-order valence-electron chi connectivity index (χ1n) is 6.44. The largest absolute Gasteiger partial charge is 0.324 e. The van der Waals surface area contributed by atoms with E-state index in [0.29, 0.717) is 11.4 Å². The number of rotatable bonds is 3. The van der Waals surface area contributed by atoms with Gasteiger partial charge in [-0.2, -0.15) is 0 Å². The molecule has 0 unspecified atom stereocenters. The molecule has 0 saturated heterocycles. The number of ketones is 1. The van der Waals surface area contributed by atoms with Gasteiger partial charge in [-0.3, -0.25) is 9.69 Å². The summed E-state index contributed by atoms with van der Waals surface area (Å²) in [4.78, 5) is 28.6. The number of amides is 2. The number of anilines is 1. The number of carbonyl (C=O) groups excluding carboxylic acids is 2. The van der Waals surface area contributed by atoms with Crippen LogP contribution < -0.4 is 4.90 Å². The fourth-order valence-corrected chi connectivity index (χ4v) is 3.93. The molecule has 2 amide bonds. The third-order valence-electron chi connectivity index (χ3n) is 3.42. The Hall–Kier alpha value is -1.66. The molecule has 108 valence electrons. The van der Waals surface area contributed by atoms with E-state index >= 15 is 0 Å². The molecule has 4 nitrogen and oxygen atoms in total. The molecule has 1 aliphatic rings. The van der Waals surface area contributed by atoms with Gasteiger partial charge < -0.3 is 4.90 Å². The molecule has 0 spiro atoms. The quantitative estimate of drug-likeness (QED) is 0.777. The molecule has 2 heterocycles. The molecular weight excluding hydrogens is 352 g/mol. The minimum absolute atomic E-state index is 0.0549. The molecule has 0 fully saturated rings. The van der Waals surface area contributed by atoms with Gasteiger partial charge in [-0.1, -0.05) is 18.2 Å². The van der Waals surface area contributed by atoms with Gasteiger partial charge >= 0.3 is 6.03 Å². The van der Waals surface area contributed by atoms with Crippen LogP contribution in [-0.2, 0) is 6.54 Å². The van der Waals surface area contributed by atoms with E-state index in [9.17, 15) is 9.59 Å². The molecule has 0 saturated carbocycles. The molecule has 0 bridgehead atoms. The second-order valence-corrected chi connectivity index (χ2v) is 6.64. The van der Waals surface area contributed by atoms with E-state index in [1.165, 1.54) is 11.3 Å². The highest BCUT2D eigenvalue weighted by atomic mass is 79.9. The van der Waals surface area contributed by atoms with Crippen molar-refractivity contribution < 1.29 is 9.59 Å². The first kappa shape index (κ1) is 14.3. The molecule has 0 radical (unpaired) electrons. The SMILES string of the molecule is CN1Cc2ccccc2N(CC(=O)c2sccc2Br)C1=O.